The Morgan fingerprint density at radius 2 is 1.78 bits per heavy atom. The van der Waals surface area contributed by atoms with E-state index in [4.69, 9.17) is 9.97 Å². The van der Waals surface area contributed by atoms with Gasteiger partial charge in [0.25, 0.3) is 0 Å². The molecule has 5 nitrogen and oxygen atoms in total. The van der Waals surface area contributed by atoms with Gasteiger partial charge in [-0.15, -0.1) is 10.2 Å². The molecule has 0 unspecified atom stereocenters. The lowest BCUT2D eigenvalue weighted by molar-refractivity contribution is 0.866. The maximum atomic E-state index is 4.97. The Labute approximate surface area is 158 Å². The molecule has 0 aliphatic heterocycles. The minimum absolute atomic E-state index is 0.461. The van der Waals surface area contributed by atoms with Crippen LogP contribution in [-0.2, 0) is 0 Å². The van der Waals surface area contributed by atoms with Crippen molar-refractivity contribution in [2.24, 2.45) is 0 Å². The summed E-state index contributed by atoms with van der Waals surface area (Å²) in [5, 5.41) is 9.02. The summed E-state index contributed by atoms with van der Waals surface area (Å²) in [6.07, 6.45) is 2.46. The van der Waals surface area contributed by atoms with Crippen molar-refractivity contribution in [3.8, 4) is 11.4 Å². The highest BCUT2D eigenvalue weighted by Crippen LogP contribution is 2.39. The number of benzene rings is 1. The standard InChI is InChI=1S/C22H23N5/c1-12(2)16-6-5-13(3)17(11-16)21-26-25-20-14(4)23-19-10-9-18(15-7-8-15)24-22(19)27(20)21/h5-6,9-12,15H,7-8H2,1-4H3. The maximum absolute atomic E-state index is 4.97. The topological polar surface area (TPSA) is 56.0 Å². The second-order valence-corrected chi connectivity index (χ2v) is 7.96. The van der Waals surface area contributed by atoms with Crippen LogP contribution in [0.1, 0.15) is 61.0 Å². The fourth-order valence-corrected chi connectivity index (χ4v) is 3.68. The predicted octanol–water partition coefficient (Wildman–Crippen LogP) is 4.96. The Morgan fingerprint density at radius 3 is 2.52 bits per heavy atom. The van der Waals surface area contributed by atoms with E-state index in [1.54, 1.807) is 0 Å². The molecule has 0 saturated heterocycles. The van der Waals surface area contributed by atoms with Crippen molar-refractivity contribution < 1.29 is 0 Å². The fourth-order valence-electron chi connectivity index (χ4n) is 3.68. The van der Waals surface area contributed by atoms with Crippen LogP contribution in [0.25, 0.3) is 28.2 Å². The van der Waals surface area contributed by atoms with Gasteiger partial charge in [0.05, 0.1) is 5.69 Å². The van der Waals surface area contributed by atoms with Crippen LogP contribution in [0.5, 0.6) is 0 Å². The van der Waals surface area contributed by atoms with Crippen LogP contribution in [0, 0.1) is 13.8 Å². The van der Waals surface area contributed by atoms with Crippen LogP contribution in [0.4, 0.5) is 0 Å². The molecule has 0 radical (unpaired) electrons. The number of hydrogen-bond acceptors (Lipinski definition) is 4. The average Bonchev–Trinajstić information content (AvgIpc) is 3.40. The summed E-state index contributed by atoms with van der Waals surface area (Å²) in [7, 11) is 0. The molecule has 1 saturated carbocycles. The van der Waals surface area contributed by atoms with Crippen LogP contribution in [0.15, 0.2) is 30.3 Å². The third-order valence-corrected chi connectivity index (χ3v) is 5.53. The lowest BCUT2D eigenvalue weighted by Gasteiger charge is -2.12. The van der Waals surface area contributed by atoms with Gasteiger partial charge >= 0.3 is 0 Å². The van der Waals surface area contributed by atoms with Crippen LogP contribution in [0.3, 0.4) is 0 Å². The fraction of sp³-hybridized carbons (Fsp3) is 0.364. The van der Waals surface area contributed by atoms with Crippen LogP contribution in [-0.4, -0.2) is 24.6 Å². The molecule has 0 amide bonds. The Bertz CT molecular complexity index is 1180. The van der Waals surface area contributed by atoms with E-state index in [1.807, 2.05) is 6.92 Å². The summed E-state index contributed by atoms with van der Waals surface area (Å²) in [5.74, 6) is 1.90. The number of nitrogens with zero attached hydrogens (tertiary/aromatic N) is 5. The lowest BCUT2D eigenvalue weighted by Crippen LogP contribution is -2.02. The van der Waals surface area contributed by atoms with Gasteiger partial charge in [-0.2, -0.15) is 0 Å². The van der Waals surface area contributed by atoms with E-state index in [-0.39, 0.29) is 0 Å². The zero-order valence-corrected chi connectivity index (χ0v) is 16.2. The highest BCUT2D eigenvalue weighted by molar-refractivity contribution is 5.78. The molecular formula is C22H23N5. The van der Waals surface area contributed by atoms with Gasteiger partial charge in [0.1, 0.15) is 5.52 Å². The third-order valence-electron chi connectivity index (χ3n) is 5.53. The van der Waals surface area contributed by atoms with Gasteiger partial charge in [0, 0.05) is 17.2 Å². The van der Waals surface area contributed by atoms with E-state index < -0.39 is 0 Å². The van der Waals surface area contributed by atoms with Crippen molar-refractivity contribution >= 4 is 16.8 Å². The third kappa shape index (κ3) is 2.60. The molecule has 1 aliphatic rings. The molecule has 1 aliphatic carbocycles. The molecule has 3 aromatic heterocycles. The van der Waals surface area contributed by atoms with E-state index in [2.05, 4.69) is 65.7 Å². The largest absolute Gasteiger partial charge is 0.255 e. The van der Waals surface area contributed by atoms with Gasteiger partial charge in [0.2, 0.25) is 0 Å². The molecule has 136 valence electrons. The highest BCUT2D eigenvalue weighted by atomic mass is 15.3. The van der Waals surface area contributed by atoms with Gasteiger partial charge in [-0.05, 0) is 61.9 Å². The first-order valence-electron chi connectivity index (χ1n) is 9.66. The Balaban J connectivity index is 1.84. The minimum atomic E-state index is 0.461. The van der Waals surface area contributed by atoms with Crippen LogP contribution < -0.4 is 0 Å². The molecule has 3 heterocycles. The minimum Gasteiger partial charge on any atom is -0.255 e. The molecule has 0 spiro atoms. The monoisotopic (exact) mass is 357 g/mol. The smallest absolute Gasteiger partial charge is 0.184 e. The molecule has 1 aromatic carbocycles. The van der Waals surface area contributed by atoms with E-state index in [9.17, 15) is 0 Å². The molecule has 0 atom stereocenters. The van der Waals surface area contributed by atoms with Gasteiger partial charge < -0.3 is 0 Å². The van der Waals surface area contributed by atoms with E-state index in [0.717, 1.165) is 39.6 Å². The van der Waals surface area contributed by atoms with Gasteiger partial charge in [0.15, 0.2) is 17.1 Å². The first-order valence-corrected chi connectivity index (χ1v) is 9.66. The molecule has 27 heavy (non-hydrogen) atoms. The average molecular weight is 357 g/mol. The number of aryl methyl sites for hydroxylation is 2. The summed E-state index contributed by atoms with van der Waals surface area (Å²) < 4.78 is 2.09. The van der Waals surface area contributed by atoms with E-state index >= 15 is 0 Å². The van der Waals surface area contributed by atoms with E-state index in [0.29, 0.717) is 11.8 Å². The normalized spacial score (nSPS) is 14.6. The summed E-state index contributed by atoms with van der Waals surface area (Å²) >= 11 is 0. The quantitative estimate of drug-likeness (QED) is 0.520. The van der Waals surface area contributed by atoms with Crippen molar-refractivity contribution in [1.29, 1.82) is 0 Å². The van der Waals surface area contributed by atoms with Gasteiger partial charge in [-0.1, -0.05) is 26.0 Å². The number of aromatic nitrogens is 5. The van der Waals surface area contributed by atoms with Crippen LogP contribution >= 0.6 is 0 Å². The Hall–Kier alpha value is -2.82. The SMILES string of the molecule is Cc1ccc(C(C)C)cc1-c1nnc2c(C)nc3ccc(C4CC4)nc3n12. The first kappa shape index (κ1) is 16.4. The Kier molecular flexibility index (Phi) is 3.54. The second-order valence-electron chi connectivity index (χ2n) is 7.96. The zero-order valence-electron chi connectivity index (χ0n) is 16.2. The molecule has 1 fully saturated rings. The molecule has 4 aromatic rings. The summed E-state index contributed by atoms with van der Waals surface area (Å²) in [5.41, 5.74) is 8.16. The van der Waals surface area contributed by atoms with Crippen molar-refractivity contribution in [3.05, 3.63) is 52.8 Å². The summed E-state index contributed by atoms with van der Waals surface area (Å²) in [4.78, 5) is 9.69. The zero-order chi connectivity index (χ0) is 18.7. The highest BCUT2D eigenvalue weighted by Gasteiger charge is 2.26. The maximum Gasteiger partial charge on any atom is 0.184 e. The molecule has 5 heteroatoms. The lowest BCUT2D eigenvalue weighted by atomic mass is 9.97. The van der Waals surface area contributed by atoms with Crippen molar-refractivity contribution in [2.45, 2.75) is 52.4 Å². The van der Waals surface area contributed by atoms with Crippen molar-refractivity contribution in [3.63, 3.8) is 0 Å². The van der Waals surface area contributed by atoms with Gasteiger partial charge in [-0.25, -0.2) is 9.97 Å². The molecular weight excluding hydrogens is 334 g/mol. The molecule has 0 bridgehead atoms. The summed E-state index contributed by atoms with van der Waals surface area (Å²) in [6, 6.07) is 10.8. The summed E-state index contributed by atoms with van der Waals surface area (Å²) in [6.45, 7) is 8.53. The number of rotatable bonds is 3. The predicted molar refractivity (Wildman–Crippen MR) is 107 cm³/mol. The molecule has 0 N–H and O–H groups in total. The van der Waals surface area contributed by atoms with Crippen molar-refractivity contribution in [2.75, 3.05) is 0 Å². The number of pyridine rings is 1. The Morgan fingerprint density at radius 1 is 0.963 bits per heavy atom. The second kappa shape index (κ2) is 5.84. The van der Waals surface area contributed by atoms with Crippen molar-refractivity contribution in [1.82, 2.24) is 24.6 Å². The van der Waals surface area contributed by atoms with Crippen LogP contribution in [0.2, 0.25) is 0 Å². The first-order chi connectivity index (χ1) is 13.0. The number of fused-ring (bicyclic) bond motifs is 3. The number of hydrogen-bond donors (Lipinski definition) is 0. The molecule has 5 rings (SSSR count). The van der Waals surface area contributed by atoms with Gasteiger partial charge in [-0.3, -0.25) is 4.40 Å². The van der Waals surface area contributed by atoms with E-state index in [1.165, 1.54) is 24.0 Å².